The largest absolute Gasteiger partial charge is 0.481 e. The van der Waals surface area contributed by atoms with Crippen LogP contribution in [0.3, 0.4) is 0 Å². The lowest BCUT2D eigenvalue weighted by molar-refractivity contribution is -0.128. The average Bonchev–Trinajstić information content (AvgIpc) is 2.57. The van der Waals surface area contributed by atoms with Crippen LogP contribution in [-0.4, -0.2) is 18.1 Å². The first kappa shape index (κ1) is 20.3. The summed E-state index contributed by atoms with van der Waals surface area (Å²) >= 11 is 3.43. The van der Waals surface area contributed by atoms with E-state index in [0.29, 0.717) is 6.04 Å². The lowest BCUT2D eigenvalue weighted by Gasteiger charge is -2.22. The van der Waals surface area contributed by atoms with Gasteiger partial charge in [0.25, 0.3) is 5.91 Å². The number of hydrogen-bond acceptors (Lipinski definition) is 2. The first-order chi connectivity index (χ1) is 12.1. The lowest BCUT2D eigenvalue weighted by atomic mass is 9.98. The second-order valence-electron chi connectivity index (χ2n) is 7.18. The van der Waals surface area contributed by atoms with E-state index in [0.717, 1.165) is 23.1 Å². The van der Waals surface area contributed by atoms with Crippen LogP contribution in [0.5, 0.6) is 5.75 Å². The van der Waals surface area contributed by atoms with Crippen LogP contribution < -0.4 is 10.1 Å². The Morgan fingerprint density at radius 2 is 1.60 bits per heavy atom. The molecule has 0 saturated heterocycles. The molecule has 1 atom stereocenters. The molecule has 1 aromatic rings. The summed E-state index contributed by atoms with van der Waals surface area (Å²) in [4.78, 5) is 12.5. The Bertz CT molecular complexity index is 508. The van der Waals surface area contributed by atoms with Gasteiger partial charge in [-0.15, -0.1) is 0 Å². The molecule has 1 amide bonds. The Morgan fingerprint density at radius 1 is 1.04 bits per heavy atom. The van der Waals surface area contributed by atoms with Gasteiger partial charge in [0.2, 0.25) is 0 Å². The molecule has 1 N–H and O–H groups in total. The minimum atomic E-state index is -0.476. The number of rotatable bonds is 4. The second-order valence-corrected chi connectivity index (χ2v) is 8.10. The Kier molecular flexibility index (Phi) is 9.38. The van der Waals surface area contributed by atoms with E-state index in [1.807, 2.05) is 31.2 Å². The van der Waals surface area contributed by atoms with Crippen LogP contribution in [0.25, 0.3) is 0 Å². The molecule has 1 aliphatic carbocycles. The molecule has 3 nitrogen and oxygen atoms in total. The standard InChI is InChI=1S/C21H32BrNO2/c1-17(25-20-15-11-12-18(22)16-20)21(24)23-19-13-9-7-5-3-2-4-6-8-10-14-19/h11-12,15-17,19H,2-10,13-14H2,1H3,(H,23,24). The number of halogens is 1. The van der Waals surface area contributed by atoms with Crippen LogP contribution in [0.4, 0.5) is 0 Å². The zero-order valence-corrected chi connectivity index (χ0v) is 17.0. The van der Waals surface area contributed by atoms with Crippen molar-refractivity contribution >= 4 is 21.8 Å². The molecule has 1 aliphatic rings. The van der Waals surface area contributed by atoms with Crippen molar-refractivity contribution in [2.45, 2.75) is 89.7 Å². The van der Waals surface area contributed by atoms with Gasteiger partial charge >= 0.3 is 0 Å². The topological polar surface area (TPSA) is 38.3 Å². The molecule has 0 radical (unpaired) electrons. The van der Waals surface area contributed by atoms with E-state index in [2.05, 4.69) is 21.2 Å². The molecule has 1 aromatic carbocycles. The summed E-state index contributed by atoms with van der Waals surface area (Å²) in [6.45, 7) is 1.83. The van der Waals surface area contributed by atoms with Crippen LogP contribution in [0.15, 0.2) is 28.7 Å². The normalized spacial score (nSPS) is 19.3. The van der Waals surface area contributed by atoms with Crippen molar-refractivity contribution in [3.8, 4) is 5.75 Å². The maximum atomic E-state index is 12.5. The molecule has 140 valence electrons. The molecule has 2 rings (SSSR count). The minimum absolute atomic E-state index is 0.00271. The summed E-state index contributed by atoms with van der Waals surface area (Å²) in [6.07, 6.45) is 13.5. The molecule has 25 heavy (non-hydrogen) atoms. The minimum Gasteiger partial charge on any atom is -0.481 e. The Hall–Kier alpha value is -1.03. The zero-order chi connectivity index (χ0) is 17.9. The number of carbonyl (C=O) groups excluding carboxylic acids is 1. The molecule has 0 heterocycles. The van der Waals surface area contributed by atoms with Crippen molar-refractivity contribution < 1.29 is 9.53 Å². The van der Waals surface area contributed by atoms with Crippen LogP contribution in [0, 0.1) is 0 Å². The molecule has 4 heteroatoms. The van der Waals surface area contributed by atoms with E-state index in [1.165, 1.54) is 57.8 Å². The number of nitrogens with one attached hydrogen (secondary N) is 1. The van der Waals surface area contributed by atoms with E-state index in [4.69, 9.17) is 4.74 Å². The highest BCUT2D eigenvalue weighted by Gasteiger charge is 2.19. The van der Waals surface area contributed by atoms with Crippen molar-refractivity contribution in [1.29, 1.82) is 0 Å². The van der Waals surface area contributed by atoms with Crippen molar-refractivity contribution in [2.24, 2.45) is 0 Å². The number of hydrogen-bond donors (Lipinski definition) is 1. The van der Waals surface area contributed by atoms with Crippen molar-refractivity contribution in [1.82, 2.24) is 5.32 Å². The monoisotopic (exact) mass is 409 g/mol. The predicted molar refractivity (Wildman–Crippen MR) is 107 cm³/mol. The SMILES string of the molecule is CC(Oc1cccc(Br)c1)C(=O)NC1CCCCCCCCCCC1. The molecule has 0 aliphatic heterocycles. The Balaban J connectivity index is 1.82. The van der Waals surface area contributed by atoms with Gasteiger partial charge in [0.1, 0.15) is 5.75 Å². The number of benzene rings is 1. The Labute approximate surface area is 161 Å². The van der Waals surface area contributed by atoms with Gasteiger partial charge in [-0.2, -0.15) is 0 Å². The molecule has 0 aromatic heterocycles. The molecule has 0 spiro atoms. The first-order valence-electron chi connectivity index (χ1n) is 9.88. The second kappa shape index (κ2) is 11.6. The molecule has 0 bridgehead atoms. The zero-order valence-electron chi connectivity index (χ0n) is 15.4. The van der Waals surface area contributed by atoms with Gasteiger partial charge in [-0.1, -0.05) is 79.8 Å². The van der Waals surface area contributed by atoms with Gasteiger partial charge in [-0.05, 0) is 38.0 Å². The van der Waals surface area contributed by atoms with E-state index >= 15 is 0 Å². The fourth-order valence-electron chi connectivity index (χ4n) is 3.42. The number of carbonyl (C=O) groups is 1. The smallest absolute Gasteiger partial charge is 0.260 e. The van der Waals surface area contributed by atoms with E-state index < -0.39 is 6.10 Å². The summed E-state index contributed by atoms with van der Waals surface area (Å²) in [5.74, 6) is 0.716. The van der Waals surface area contributed by atoms with E-state index in [9.17, 15) is 4.79 Å². The maximum Gasteiger partial charge on any atom is 0.260 e. The van der Waals surface area contributed by atoms with Crippen LogP contribution in [-0.2, 0) is 4.79 Å². The van der Waals surface area contributed by atoms with Crippen molar-refractivity contribution in [3.63, 3.8) is 0 Å². The number of amides is 1. The van der Waals surface area contributed by atoms with Crippen molar-refractivity contribution in [3.05, 3.63) is 28.7 Å². The summed E-state index contributed by atoms with van der Waals surface area (Å²) in [6, 6.07) is 7.92. The third-order valence-corrected chi connectivity index (χ3v) is 5.42. The Morgan fingerprint density at radius 3 is 2.16 bits per heavy atom. The molecule has 1 unspecified atom stereocenters. The third kappa shape index (κ3) is 8.26. The van der Waals surface area contributed by atoms with Gasteiger partial charge in [0, 0.05) is 10.5 Å². The van der Waals surface area contributed by atoms with Gasteiger partial charge in [0.15, 0.2) is 6.10 Å². The fraction of sp³-hybridized carbons (Fsp3) is 0.667. The fourth-order valence-corrected chi connectivity index (χ4v) is 3.80. The molecular weight excluding hydrogens is 378 g/mol. The van der Waals surface area contributed by atoms with Crippen LogP contribution in [0.1, 0.15) is 77.6 Å². The van der Waals surface area contributed by atoms with E-state index in [1.54, 1.807) is 0 Å². The highest BCUT2D eigenvalue weighted by molar-refractivity contribution is 9.10. The van der Waals surface area contributed by atoms with Crippen molar-refractivity contribution in [2.75, 3.05) is 0 Å². The van der Waals surface area contributed by atoms with E-state index in [-0.39, 0.29) is 5.91 Å². The predicted octanol–water partition coefficient (Wildman–Crippen LogP) is 6.01. The quantitative estimate of drug-likeness (QED) is 0.661. The summed E-state index contributed by atoms with van der Waals surface area (Å²) in [5, 5.41) is 3.23. The highest BCUT2D eigenvalue weighted by Crippen LogP contribution is 2.20. The highest BCUT2D eigenvalue weighted by atomic mass is 79.9. The summed E-state index contributed by atoms with van der Waals surface area (Å²) in [7, 11) is 0. The van der Waals surface area contributed by atoms with Gasteiger partial charge in [-0.3, -0.25) is 4.79 Å². The van der Waals surface area contributed by atoms with Gasteiger partial charge in [-0.25, -0.2) is 0 Å². The summed E-state index contributed by atoms with van der Waals surface area (Å²) in [5.41, 5.74) is 0. The van der Waals surface area contributed by atoms with Gasteiger partial charge < -0.3 is 10.1 Å². The van der Waals surface area contributed by atoms with Crippen LogP contribution >= 0.6 is 15.9 Å². The van der Waals surface area contributed by atoms with Crippen LogP contribution in [0.2, 0.25) is 0 Å². The molecule has 1 saturated carbocycles. The molecule has 1 fully saturated rings. The molecular formula is C21H32BrNO2. The maximum absolute atomic E-state index is 12.5. The average molecular weight is 410 g/mol. The summed E-state index contributed by atoms with van der Waals surface area (Å²) < 4.78 is 6.75. The third-order valence-electron chi connectivity index (χ3n) is 4.93. The number of ether oxygens (including phenoxy) is 1. The van der Waals surface area contributed by atoms with Gasteiger partial charge in [0.05, 0.1) is 0 Å². The first-order valence-corrected chi connectivity index (χ1v) is 10.7. The lowest BCUT2D eigenvalue weighted by Crippen LogP contribution is -2.42.